The largest absolute Gasteiger partial charge is 0.462 e. The van der Waals surface area contributed by atoms with Crippen molar-refractivity contribution in [3.8, 4) is 6.01 Å². The molecular formula is C31H40ClN7O4. The molecule has 230 valence electrons. The number of benzene rings is 2. The number of amides is 2. The fourth-order valence-electron chi connectivity index (χ4n) is 5.60. The molecule has 2 saturated heterocycles. The van der Waals surface area contributed by atoms with E-state index in [-0.39, 0.29) is 35.6 Å². The molecule has 3 N–H and O–H groups in total. The summed E-state index contributed by atoms with van der Waals surface area (Å²) in [5, 5.41) is 5.09. The van der Waals surface area contributed by atoms with Crippen molar-refractivity contribution >= 4 is 51.6 Å². The molecule has 3 aromatic rings. The zero-order valence-electron chi connectivity index (χ0n) is 25.4. The van der Waals surface area contributed by atoms with Gasteiger partial charge in [0.1, 0.15) is 17.9 Å². The lowest BCUT2D eigenvalue weighted by molar-refractivity contribution is 0.0218. The van der Waals surface area contributed by atoms with Crippen LogP contribution in [0.15, 0.2) is 36.4 Å². The van der Waals surface area contributed by atoms with E-state index in [0.29, 0.717) is 42.8 Å². The van der Waals surface area contributed by atoms with E-state index in [9.17, 15) is 9.59 Å². The number of ether oxygens (including phenoxy) is 2. The third kappa shape index (κ3) is 6.88. The summed E-state index contributed by atoms with van der Waals surface area (Å²) in [5.41, 5.74) is 6.73. The number of anilines is 3. The van der Waals surface area contributed by atoms with Gasteiger partial charge in [0.15, 0.2) is 11.5 Å². The van der Waals surface area contributed by atoms with Gasteiger partial charge in [-0.15, -0.1) is 0 Å². The number of fused-ring (bicyclic) bond motifs is 1. The number of halogens is 1. The molecule has 2 atom stereocenters. The summed E-state index contributed by atoms with van der Waals surface area (Å²) < 4.78 is 11.7. The summed E-state index contributed by atoms with van der Waals surface area (Å²) in [4.78, 5) is 41.6. The van der Waals surface area contributed by atoms with E-state index in [0.717, 1.165) is 30.2 Å². The number of rotatable bonds is 6. The third-order valence-corrected chi connectivity index (χ3v) is 8.16. The molecule has 2 aliphatic rings. The number of piperazine rings is 1. The highest BCUT2D eigenvalue weighted by atomic mass is 35.5. The van der Waals surface area contributed by atoms with Crippen molar-refractivity contribution in [3.63, 3.8) is 0 Å². The lowest BCUT2D eigenvalue weighted by Crippen LogP contribution is -2.55. The first kappa shape index (κ1) is 30.6. The number of carbonyl (C=O) groups is 2. The summed E-state index contributed by atoms with van der Waals surface area (Å²) in [6.45, 7) is 10.1. The molecule has 43 heavy (non-hydrogen) atoms. The smallest absolute Gasteiger partial charge is 0.410 e. The van der Waals surface area contributed by atoms with Crippen LogP contribution in [-0.4, -0.2) is 89.3 Å². The molecule has 0 bridgehead atoms. The number of aromatic nitrogens is 2. The van der Waals surface area contributed by atoms with Gasteiger partial charge in [-0.3, -0.25) is 4.79 Å². The first-order chi connectivity index (χ1) is 20.4. The Bertz CT molecular complexity index is 1510. The number of carbonyl (C=O) groups excluding carboxylic acids is 2. The van der Waals surface area contributed by atoms with E-state index >= 15 is 0 Å². The molecule has 11 nitrogen and oxygen atoms in total. The van der Waals surface area contributed by atoms with E-state index in [4.69, 9.17) is 26.8 Å². The molecule has 3 heterocycles. The van der Waals surface area contributed by atoms with Crippen LogP contribution < -0.4 is 20.7 Å². The van der Waals surface area contributed by atoms with Gasteiger partial charge in [0.2, 0.25) is 0 Å². The zero-order valence-corrected chi connectivity index (χ0v) is 26.1. The van der Waals surface area contributed by atoms with Crippen molar-refractivity contribution in [3.05, 3.63) is 47.1 Å². The predicted octanol–water partition coefficient (Wildman–Crippen LogP) is 5.04. The van der Waals surface area contributed by atoms with E-state index in [1.165, 1.54) is 0 Å². The minimum Gasteiger partial charge on any atom is -0.462 e. The number of hydrogen-bond donors (Lipinski definition) is 2. The Morgan fingerprint density at radius 2 is 1.86 bits per heavy atom. The van der Waals surface area contributed by atoms with Crippen molar-refractivity contribution in [2.45, 2.75) is 58.2 Å². The topological polar surface area (TPSA) is 126 Å². The van der Waals surface area contributed by atoms with E-state index in [1.807, 2.05) is 56.9 Å². The molecule has 2 amide bonds. The van der Waals surface area contributed by atoms with Crippen LogP contribution in [0.25, 0.3) is 10.8 Å². The summed E-state index contributed by atoms with van der Waals surface area (Å²) in [7, 11) is 2.07. The van der Waals surface area contributed by atoms with Crippen LogP contribution in [-0.2, 0) is 4.74 Å². The van der Waals surface area contributed by atoms with Gasteiger partial charge in [-0.1, -0.05) is 35.9 Å². The van der Waals surface area contributed by atoms with Gasteiger partial charge in [-0.05, 0) is 71.6 Å². The Kier molecular flexibility index (Phi) is 8.84. The number of nitrogens with one attached hydrogen (secondary N) is 1. The molecule has 0 unspecified atom stereocenters. The quantitative estimate of drug-likeness (QED) is 0.395. The lowest BCUT2D eigenvalue weighted by Gasteiger charge is -2.41. The third-order valence-electron chi connectivity index (χ3n) is 7.85. The van der Waals surface area contributed by atoms with Crippen molar-refractivity contribution < 1.29 is 19.1 Å². The molecule has 5 rings (SSSR count). The van der Waals surface area contributed by atoms with E-state index < -0.39 is 11.5 Å². The fraction of sp³-hybridized carbons (Fsp3) is 0.484. The second kappa shape index (κ2) is 12.4. The van der Waals surface area contributed by atoms with Gasteiger partial charge < -0.3 is 35.2 Å². The first-order valence-corrected chi connectivity index (χ1v) is 15.0. The van der Waals surface area contributed by atoms with Crippen LogP contribution in [0, 0.1) is 0 Å². The molecular weight excluding hydrogens is 570 g/mol. The Hall–Kier alpha value is -3.83. The molecule has 2 fully saturated rings. The molecule has 12 heteroatoms. The Labute approximate surface area is 257 Å². The molecule has 0 saturated carbocycles. The monoisotopic (exact) mass is 609 g/mol. The van der Waals surface area contributed by atoms with E-state index in [1.54, 1.807) is 17.0 Å². The highest BCUT2D eigenvalue weighted by Crippen LogP contribution is 2.33. The van der Waals surface area contributed by atoms with Gasteiger partial charge in [0.05, 0.1) is 10.7 Å². The summed E-state index contributed by atoms with van der Waals surface area (Å²) in [6, 6.07) is 11.3. The lowest BCUT2D eigenvalue weighted by atomic mass is 10.1. The molecule has 0 aliphatic carbocycles. The minimum atomic E-state index is -0.593. The van der Waals surface area contributed by atoms with Crippen LogP contribution in [0.1, 0.15) is 51.0 Å². The number of likely N-dealkylation sites (tertiary alicyclic amines) is 1. The van der Waals surface area contributed by atoms with Crippen LogP contribution in [0.5, 0.6) is 6.01 Å². The average molecular weight is 610 g/mol. The first-order valence-electron chi connectivity index (χ1n) is 14.6. The van der Waals surface area contributed by atoms with Crippen LogP contribution in [0.2, 0.25) is 5.02 Å². The van der Waals surface area contributed by atoms with Crippen LogP contribution in [0.3, 0.4) is 0 Å². The van der Waals surface area contributed by atoms with Gasteiger partial charge >= 0.3 is 12.1 Å². The van der Waals surface area contributed by atoms with Gasteiger partial charge in [0, 0.05) is 37.1 Å². The maximum atomic E-state index is 13.8. The zero-order chi connectivity index (χ0) is 30.9. The second-order valence-electron chi connectivity index (χ2n) is 12.2. The average Bonchev–Trinajstić information content (AvgIpc) is 3.36. The Balaban J connectivity index is 1.44. The Morgan fingerprint density at radius 3 is 2.53 bits per heavy atom. The number of nitrogens with two attached hydrogens (primary N) is 1. The Morgan fingerprint density at radius 1 is 1.12 bits per heavy atom. The maximum absolute atomic E-state index is 13.8. The van der Waals surface area contributed by atoms with E-state index in [2.05, 4.69) is 27.2 Å². The summed E-state index contributed by atoms with van der Waals surface area (Å²) in [5.74, 6) is -0.112. The van der Waals surface area contributed by atoms with Gasteiger partial charge in [-0.2, -0.15) is 9.97 Å². The summed E-state index contributed by atoms with van der Waals surface area (Å²) in [6.07, 6.45) is 1.74. The van der Waals surface area contributed by atoms with Gasteiger partial charge in [0.25, 0.3) is 5.91 Å². The summed E-state index contributed by atoms with van der Waals surface area (Å²) >= 11 is 6.51. The SMILES string of the molecule is C[C@H]1CN(C(=O)OC(C)(C)C)CCN1c1nc(OC[C@@H]2CCCN2C)nc(C(=O)Nc2cccc3cccc(Cl)c23)c1N. The predicted molar refractivity (Wildman–Crippen MR) is 169 cm³/mol. The van der Waals surface area contributed by atoms with Gasteiger partial charge in [-0.25, -0.2) is 4.79 Å². The molecule has 2 aliphatic heterocycles. The standard InChI is InChI=1S/C31H40ClN7O4/c1-19-17-38(30(41)43-31(2,3)4)15-16-39(19)27-25(33)26(35-29(36-27)42-18-21-11-8-14-37(21)5)28(40)34-23-13-7-10-20-9-6-12-22(32)24(20)23/h6-7,9-10,12-13,19,21H,8,11,14-18,33H2,1-5H3,(H,34,40)/t19-,21-/m0/s1. The number of hydrogen-bond acceptors (Lipinski definition) is 9. The van der Waals surface area contributed by atoms with Crippen molar-refractivity contribution in [1.82, 2.24) is 19.8 Å². The highest BCUT2D eigenvalue weighted by molar-refractivity contribution is 6.37. The molecule has 0 radical (unpaired) electrons. The highest BCUT2D eigenvalue weighted by Gasteiger charge is 2.33. The minimum absolute atomic E-state index is 0.00519. The number of likely N-dealkylation sites (N-methyl/N-ethyl adjacent to an activating group) is 1. The van der Waals surface area contributed by atoms with Crippen molar-refractivity contribution in [1.29, 1.82) is 0 Å². The second-order valence-corrected chi connectivity index (χ2v) is 12.7. The maximum Gasteiger partial charge on any atom is 0.410 e. The molecule has 0 spiro atoms. The van der Waals surface area contributed by atoms with Crippen molar-refractivity contribution in [2.75, 3.05) is 55.8 Å². The normalized spacial score (nSPS) is 19.5. The number of nitrogens with zero attached hydrogens (tertiary/aromatic N) is 5. The molecule has 1 aromatic heterocycles. The fourth-order valence-corrected chi connectivity index (χ4v) is 5.88. The molecule has 2 aromatic carbocycles. The van der Waals surface area contributed by atoms with Crippen LogP contribution >= 0.6 is 11.6 Å². The number of nitrogen functional groups attached to an aromatic ring is 1. The van der Waals surface area contributed by atoms with Crippen molar-refractivity contribution in [2.24, 2.45) is 0 Å². The van der Waals surface area contributed by atoms with Crippen LogP contribution in [0.4, 0.5) is 22.0 Å².